The second-order valence-electron chi connectivity index (χ2n) is 5.48. The van der Waals surface area contributed by atoms with Gasteiger partial charge in [0.15, 0.2) is 4.80 Å². The number of hydrogen-bond donors (Lipinski definition) is 0. The minimum Gasteiger partial charge on any atom is -0.383 e. The van der Waals surface area contributed by atoms with Gasteiger partial charge in [0.2, 0.25) is 0 Å². The molecule has 0 unspecified atom stereocenters. The van der Waals surface area contributed by atoms with Gasteiger partial charge in [0, 0.05) is 31.9 Å². The lowest BCUT2D eigenvalue weighted by Crippen LogP contribution is -2.19. The van der Waals surface area contributed by atoms with E-state index in [0.29, 0.717) is 29.4 Å². The van der Waals surface area contributed by atoms with Crippen LogP contribution < -0.4 is 4.80 Å². The average Bonchev–Trinajstić information content (AvgIpc) is 2.95. The average molecular weight is 393 g/mol. The third-order valence-electron chi connectivity index (χ3n) is 3.75. The van der Waals surface area contributed by atoms with Crippen LogP contribution >= 0.6 is 11.3 Å². The molecular weight excluding hydrogens is 380 g/mol. The molecule has 0 bridgehead atoms. The van der Waals surface area contributed by atoms with Crippen LogP contribution in [0.2, 0.25) is 0 Å². The molecule has 10 heteroatoms. The Hall–Kier alpha value is -2.98. The number of benzene rings is 2. The van der Waals surface area contributed by atoms with Crippen LogP contribution in [-0.2, 0) is 11.3 Å². The first kappa shape index (κ1) is 18.8. The summed E-state index contributed by atoms with van der Waals surface area (Å²) in [6.45, 7) is 0.654. The zero-order valence-corrected chi connectivity index (χ0v) is 14.8. The van der Waals surface area contributed by atoms with Gasteiger partial charge in [-0.3, -0.25) is 14.9 Å². The zero-order valence-electron chi connectivity index (χ0n) is 14.0. The summed E-state index contributed by atoms with van der Waals surface area (Å²) in [6, 6.07) is 6.89. The molecule has 2 aromatic carbocycles. The quantitative estimate of drug-likeness (QED) is 0.492. The topological polar surface area (TPSA) is 86.7 Å². The second-order valence-corrected chi connectivity index (χ2v) is 6.49. The molecule has 0 saturated heterocycles. The number of nitrogens with zero attached hydrogens (tertiary/aromatic N) is 3. The highest BCUT2D eigenvalue weighted by atomic mass is 32.1. The molecule has 0 aliphatic rings. The maximum Gasteiger partial charge on any atom is 0.282 e. The standard InChI is InChI=1S/C17H13F2N3O4S/c1-26-7-6-21-14-5-3-11(22(24)25)9-15(14)27-17(21)20-16(23)12-4-2-10(18)8-13(12)19/h2-5,8-9H,6-7H2,1H3. The maximum atomic E-state index is 13.8. The third-order valence-corrected chi connectivity index (χ3v) is 4.80. The van der Waals surface area contributed by atoms with Crippen molar-refractivity contribution in [2.45, 2.75) is 6.54 Å². The van der Waals surface area contributed by atoms with Crippen molar-refractivity contribution in [3.63, 3.8) is 0 Å². The van der Waals surface area contributed by atoms with E-state index in [9.17, 15) is 23.7 Å². The highest BCUT2D eigenvalue weighted by Crippen LogP contribution is 2.23. The molecule has 27 heavy (non-hydrogen) atoms. The summed E-state index contributed by atoms with van der Waals surface area (Å²) >= 11 is 1.06. The molecule has 1 amide bonds. The number of fused-ring (bicyclic) bond motifs is 1. The number of thiazole rings is 1. The summed E-state index contributed by atoms with van der Waals surface area (Å²) in [5, 5.41) is 11.0. The molecular formula is C17H13F2N3O4S. The van der Waals surface area contributed by atoms with Gasteiger partial charge in [-0.05, 0) is 18.2 Å². The van der Waals surface area contributed by atoms with Gasteiger partial charge in [-0.15, -0.1) is 0 Å². The van der Waals surface area contributed by atoms with Gasteiger partial charge in [-0.2, -0.15) is 4.99 Å². The van der Waals surface area contributed by atoms with E-state index < -0.39 is 22.5 Å². The Balaban J connectivity index is 2.14. The number of non-ortho nitro benzene ring substituents is 1. The fourth-order valence-corrected chi connectivity index (χ4v) is 3.56. The summed E-state index contributed by atoms with van der Waals surface area (Å²) in [4.78, 5) is 27.0. The van der Waals surface area contributed by atoms with Crippen LogP contribution in [0.1, 0.15) is 10.4 Å². The monoisotopic (exact) mass is 393 g/mol. The molecule has 0 spiro atoms. The van der Waals surface area contributed by atoms with Crippen LogP contribution in [0.15, 0.2) is 41.4 Å². The number of nitro groups is 1. The van der Waals surface area contributed by atoms with Crippen LogP contribution in [0.4, 0.5) is 14.5 Å². The minimum absolute atomic E-state index is 0.0925. The number of aromatic nitrogens is 1. The lowest BCUT2D eigenvalue weighted by molar-refractivity contribution is -0.384. The SMILES string of the molecule is COCCn1c(=NC(=O)c2ccc(F)cc2F)sc2cc([N+](=O)[O-])ccc21. The molecule has 0 aliphatic heterocycles. The van der Waals surface area contributed by atoms with Crippen molar-refractivity contribution in [1.82, 2.24) is 4.57 Å². The Labute approximate surface area is 155 Å². The van der Waals surface area contributed by atoms with Crippen LogP contribution in [-0.4, -0.2) is 29.1 Å². The molecule has 1 aromatic heterocycles. The van der Waals surface area contributed by atoms with Crippen LogP contribution in [0.25, 0.3) is 10.2 Å². The Morgan fingerprint density at radius 1 is 1.30 bits per heavy atom. The normalized spacial score (nSPS) is 11.9. The number of rotatable bonds is 5. The summed E-state index contributed by atoms with van der Waals surface area (Å²) in [5.41, 5.74) is 0.178. The van der Waals surface area contributed by atoms with E-state index in [4.69, 9.17) is 4.74 Å². The molecule has 3 aromatic rings. The Morgan fingerprint density at radius 3 is 2.74 bits per heavy atom. The highest BCUT2D eigenvalue weighted by Gasteiger charge is 2.15. The van der Waals surface area contributed by atoms with Crippen LogP contribution in [0, 0.1) is 21.7 Å². The Bertz CT molecular complexity index is 1110. The summed E-state index contributed by atoms with van der Waals surface area (Å²) in [5.74, 6) is -2.68. The lowest BCUT2D eigenvalue weighted by Gasteiger charge is -2.04. The van der Waals surface area contributed by atoms with Crippen molar-refractivity contribution in [2.75, 3.05) is 13.7 Å². The number of carbonyl (C=O) groups is 1. The van der Waals surface area contributed by atoms with E-state index in [1.807, 2.05) is 0 Å². The number of ether oxygens (including phenoxy) is 1. The van der Waals surface area contributed by atoms with E-state index in [1.54, 1.807) is 10.6 Å². The number of amides is 1. The summed E-state index contributed by atoms with van der Waals surface area (Å²) in [7, 11) is 1.51. The van der Waals surface area contributed by atoms with Gasteiger partial charge in [-0.25, -0.2) is 8.78 Å². The first-order valence-corrected chi connectivity index (χ1v) is 8.53. The van der Waals surface area contributed by atoms with Gasteiger partial charge in [0.05, 0.1) is 27.3 Å². The van der Waals surface area contributed by atoms with E-state index in [2.05, 4.69) is 4.99 Å². The van der Waals surface area contributed by atoms with Gasteiger partial charge in [0.25, 0.3) is 11.6 Å². The number of hydrogen-bond acceptors (Lipinski definition) is 5. The van der Waals surface area contributed by atoms with E-state index in [0.717, 1.165) is 23.5 Å². The summed E-state index contributed by atoms with van der Waals surface area (Å²) < 4.78 is 34.1. The summed E-state index contributed by atoms with van der Waals surface area (Å²) in [6.07, 6.45) is 0. The fourth-order valence-electron chi connectivity index (χ4n) is 2.47. The van der Waals surface area contributed by atoms with Crippen molar-refractivity contribution in [1.29, 1.82) is 0 Å². The van der Waals surface area contributed by atoms with Crippen molar-refractivity contribution in [3.8, 4) is 0 Å². The molecule has 0 atom stereocenters. The predicted molar refractivity (Wildman–Crippen MR) is 94.6 cm³/mol. The van der Waals surface area contributed by atoms with Crippen molar-refractivity contribution >= 4 is 33.1 Å². The molecule has 0 radical (unpaired) electrons. The minimum atomic E-state index is -1.01. The van der Waals surface area contributed by atoms with Gasteiger partial charge >= 0.3 is 0 Å². The van der Waals surface area contributed by atoms with Gasteiger partial charge < -0.3 is 9.30 Å². The zero-order chi connectivity index (χ0) is 19.6. The molecule has 0 aliphatic carbocycles. The number of carbonyl (C=O) groups excluding carboxylic acids is 1. The van der Waals surface area contributed by atoms with Gasteiger partial charge in [0.1, 0.15) is 11.6 Å². The number of methoxy groups -OCH3 is 1. The molecule has 0 saturated carbocycles. The number of nitro benzene ring substituents is 1. The van der Waals surface area contributed by atoms with E-state index in [1.165, 1.54) is 19.2 Å². The van der Waals surface area contributed by atoms with E-state index in [-0.39, 0.29) is 16.1 Å². The molecule has 0 N–H and O–H groups in total. The van der Waals surface area contributed by atoms with Crippen molar-refractivity contribution in [3.05, 3.63) is 68.5 Å². The predicted octanol–water partition coefficient (Wildman–Crippen LogP) is 3.28. The Morgan fingerprint density at radius 2 is 2.07 bits per heavy atom. The third kappa shape index (κ3) is 3.91. The lowest BCUT2D eigenvalue weighted by atomic mass is 10.2. The molecule has 1 heterocycles. The maximum absolute atomic E-state index is 13.8. The van der Waals surface area contributed by atoms with E-state index >= 15 is 0 Å². The smallest absolute Gasteiger partial charge is 0.282 e. The van der Waals surface area contributed by atoms with Crippen molar-refractivity contribution in [2.24, 2.45) is 4.99 Å². The number of halogens is 2. The van der Waals surface area contributed by atoms with Crippen LogP contribution in [0.5, 0.6) is 0 Å². The molecule has 3 rings (SSSR count). The Kier molecular flexibility index (Phi) is 5.38. The first-order valence-electron chi connectivity index (χ1n) is 7.71. The largest absolute Gasteiger partial charge is 0.383 e. The second kappa shape index (κ2) is 7.72. The fraction of sp³-hybridized carbons (Fsp3) is 0.176. The van der Waals surface area contributed by atoms with Gasteiger partial charge in [-0.1, -0.05) is 11.3 Å². The molecule has 140 valence electrons. The molecule has 7 nitrogen and oxygen atoms in total. The molecule has 0 fully saturated rings. The van der Waals surface area contributed by atoms with Crippen LogP contribution in [0.3, 0.4) is 0 Å². The first-order chi connectivity index (χ1) is 12.9. The van der Waals surface area contributed by atoms with Crippen molar-refractivity contribution < 1.29 is 23.2 Å². The highest BCUT2D eigenvalue weighted by molar-refractivity contribution is 7.16.